The molecule has 0 saturated carbocycles. The number of ether oxygens (including phenoxy) is 2. The lowest BCUT2D eigenvalue weighted by molar-refractivity contribution is -0.145. The van der Waals surface area contributed by atoms with Gasteiger partial charge in [-0.15, -0.1) is 0 Å². The lowest BCUT2D eigenvalue weighted by atomic mass is 9.91. The Bertz CT molecular complexity index is 607. The second-order valence-corrected chi connectivity index (χ2v) is 13.5. The molecule has 0 aromatic heterocycles. The molecule has 0 aromatic carbocycles. The molecule has 0 spiro atoms. The molecule has 0 rings (SSSR count). The summed E-state index contributed by atoms with van der Waals surface area (Å²) < 4.78 is 11.0. The predicted octanol–water partition coefficient (Wildman–Crippen LogP) is 11.8. The van der Waals surface area contributed by atoms with Crippen LogP contribution in [0.25, 0.3) is 0 Å². The third-order valence-electron chi connectivity index (χ3n) is 9.01. The highest BCUT2D eigenvalue weighted by Gasteiger charge is 2.15. The summed E-state index contributed by atoms with van der Waals surface area (Å²) in [4.78, 5) is 24.3. The molecule has 0 aromatic rings. The molecule has 0 aliphatic carbocycles. The minimum Gasteiger partial charge on any atom is -0.466 e. The zero-order valence-corrected chi connectivity index (χ0v) is 29.9. The van der Waals surface area contributed by atoms with Crippen molar-refractivity contribution in [1.82, 2.24) is 0 Å². The molecule has 0 aliphatic rings. The van der Waals surface area contributed by atoms with Crippen molar-refractivity contribution >= 4 is 11.9 Å². The van der Waals surface area contributed by atoms with Gasteiger partial charge in [-0.25, -0.2) is 0 Å². The predicted molar refractivity (Wildman–Crippen MR) is 187 cm³/mol. The van der Waals surface area contributed by atoms with Crippen molar-refractivity contribution in [2.45, 2.75) is 219 Å². The van der Waals surface area contributed by atoms with Crippen LogP contribution >= 0.6 is 0 Å². The average molecular weight is 625 g/mol. The number of rotatable bonds is 35. The van der Waals surface area contributed by atoms with Crippen molar-refractivity contribution in [3.05, 3.63) is 0 Å². The molecule has 0 saturated heterocycles. The number of hydrogen-bond donors (Lipinski definition) is 1. The summed E-state index contributed by atoms with van der Waals surface area (Å²) in [5, 5.41) is 10.3. The Hall–Kier alpha value is -1.10. The maximum atomic E-state index is 12.5. The van der Waals surface area contributed by atoms with Gasteiger partial charge in [0, 0.05) is 12.8 Å². The molecule has 2 atom stereocenters. The summed E-state index contributed by atoms with van der Waals surface area (Å²) in [5.41, 5.74) is 0. The van der Waals surface area contributed by atoms with Gasteiger partial charge in [-0.3, -0.25) is 9.59 Å². The van der Waals surface area contributed by atoms with Gasteiger partial charge >= 0.3 is 11.9 Å². The van der Waals surface area contributed by atoms with Crippen molar-refractivity contribution in [2.24, 2.45) is 5.92 Å². The first kappa shape index (κ1) is 42.9. The van der Waals surface area contributed by atoms with Gasteiger partial charge < -0.3 is 14.6 Å². The molecule has 5 nitrogen and oxygen atoms in total. The van der Waals surface area contributed by atoms with Crippen LogP contribution in [-0.2, 0) is 19.1 Å². The minimum atomic E-state index is -0.219. The number of carbonyl (C=O) groups excluding carboxylic acids is 2. The van der Waals surface area contributed by atoms with E-state index >= 15 is 0 Å². The molecule has 262 valence electrons. The van der Waals surface area contributed by atoms with E-state index in [4.69, 9.17) is 9.47 Å². The minimum absolute atomic E-state index is 0.00358. The average Bonchev–Trinajstić information content (AvgIpc) is 3.01. The molecular weight excluding hydrogens is 548 g/mol. The standard InChI is InChI=1S/C39H76O5/c1-4-7-10-13-14-16-25-32-38(41)43-33-26-19-17-23-30-37(40)31-24-18-20-27-34-44-39(42)35-36(28-21-12-9-6-3)29-22-15-11-8-5-2/h36-37,40H,4-35H2,1-3H3. The monoisotopic (exact) mass is 625 g/mol. The Labute approximate surface area is 274 Å². The first-order valence-electron chi connectivity index (χ1n) is 19.5. The smallest absolute Gasteiger partial charge is 0.306 e. The Kier molecular flexibility index (Phi) is 33.9. The maximum absolute atomic E-state index is 12.5. The fourth-order valence-electron chi connectivity index (χ4n) is 6.03. The SMILES string of the molecule is CCCCCCCCCC(=O)OCCCCCCC(O)CCCCCCOC(=O)CC(CCCCCC)CCCCCCC. The second-order valence-electron chi connectivity index (χ2n) is 13.5. The molecule has 0 fully saturated rings. The zero-order chi connectivity index (χ0) is 32.4. The molecule has 1 N–H and O–H groups in total. The van der Waals surface area contributed by atoms with Gasteiger partial charge in [0.15, 0.2) is 0 Å². The summed E-state index contributed by atoms with van der Waals surface area (Å²) in [6.45, 7) is 7.80. The topological polar surface area (TPSA) is 72.8 Å². The Morgan fingerprint density at radius 2 is 0.818 bits per heavy atom. The molecule has 44 heavy (non-hydrogen) atoms. The van der Waals surface area contributed by atoms with Crippen LogP contribution in [0.4, 0.5) is 0 Å². The third kappa shape index (κ3) is 32.3. The molecule has 0 aliphatic heterocycles. The lowest BCUT2D eigenvalue weighted by Crippen LogP contribution is -2.13. The van der Waals surface area contributed by atoms with Crippen LogP contribution in [0.5, 0.6) is 0 Å². The number of unbranched alkanes of at least 4 members (excludes halogenated alkanes) is 19. The number of carbonyl (C=O) groups is 2. The molecule has 5 heteroatoms. The normalized spacial score (nSPS) is 12.7. The maximum Gasteiger partial charge on any atom is 0.306 e. The summed E-state index contributed by atoms with van der Waals surface area (Å²) in [6, 6.07) is 0. The van der Waals surface area contributed by atoms with Crippen LogP contribution in [0, 0.1) is 5.92 Å². The lowest BCUT2D eigenvalue weighted by Gasteiger charge is -2.16. The highest BCUT2D eigenvalue weighted by Crippen LogP contribution is 2.22. The fraction of sp³-hybridized carbons (Fsp3) is 0.949. The van der Waals surface area contributed by atoms with Gasteiger partial charge in [0.05, 0.1) is 19.3 Å². The Morgan fingerprint density at radius 1 is 0.455 bits per heavy atom. The van der Waals surface area contributed by atoms with Crippen LogP contribution in [-0.4, -0.2) is 36.4 Å². The quantitative estimate of drug-likeness (QED) is 0.0561. The van der Waals surface area contributed by atoms with Gasteiger partial charge in [-0.2, -0.15) is 0 Å². The molecule has 2 unspecified atom stereocenters. The molecule has 0 radical (unpaired) electrons. The van der Waals surface area contributed by atoms with E-state index in [9.17, 15) is 14.7 Å². The summed E-state index contributed by atoms with van der Waals surface area (Å²) in [6.07, 6.45) is 33.2. The van der Waals surface area contributed by atoms with Crippen molar-refractivity contribution in [3.63, 3.8) is 0 Å². The van der Waals surface area contributed by atoms with E-state index in [-0.39, 0.29) is 18.0 Å². The van der Waals surface area contributed by atoms with E-state index in [2.05, 4.69) is 20.8 Å². The van der Waals surface area contributed by atoms with Crippen molar-refractivity contribution < 1.29 is 24.2 Å². The van der Waals surface area contributed by atoms with Crippen molar-refractivity contribution in [2.75, 3.05) is 13.2 Å². The molecule has 0 bridgehead atoms. The van der Waals surface area contributed by atoms with Crippen LogP contribution in [0.3, 0.4) is 0 Å². The fourth-order valence-corrected chi connectivity index (χ4v) is 6.03. The third-order valence-corrected chi connectivity index (χ3v) is 9.01. The second kappa shape index (κ2) is 34.8. The number of hydrogen-bond acceptors (Lipinski definition) is 5. The van der Waals surface area contributed by atoms with E-state index in [0.717, 1.165) is 77.0 Å². The van der Waals surface area contributed by atoms with E-state index in [0.29, 0.717) is 32.0 Å². The highest BCUT2D eigenvalue weighted by atomic mass is 16.5. The summed E-state index contributed by atoms with van der Waals surface area (Å²) in [7, 11) is 0. The molecule has 0 amide bonds. The van der Waals surface area contributed by atoms with Gasteiger partial charge in [-0.05, 0) is 50.9 Å². The first-order chi connectivity index (χ1) is 21.5. The van der Waals surface area contributed by atoms with Crippen LogP contribution < -0.4 is 0 Å². The van der Waals surface area contributed by atoms with Crippen molar-refractivity contribution in [1.29, 1.82) is 0 Å². The van der Waals surface area contributed by atoms with Crippen LogP contribution in [0.15, 0.2) is 0 Å². The Morgan fingerprint density at radius 3 is 1.32 bits per heavy atom. The highest BCUT2D eigenvalue weighted by molar-refractivity contribution is 5.69. The van der Waals surface area contributed by atoms with E-state index in [1.165, 1.54) is 103 Å². The van der Waals surface area contributed by atoms with E-state index in [1.54, 1.807) is 0 Å². The van der Waals surface area contributed by atoms with Gasteiger partial charge in [0.1, 0.15) is 0 Å². The van der Waals surface area contributed by atoms with E-state index < -0.39 is 0 Å². The number of aliphatic hydroxyl groups is 1. The van der Waals surface area contributed by atoms with Gasteiger partial charge in [-0.1, -0.05) is 156 Å². The molecular formula is C39H76O5. The zero-order valence-electron chi connectivity index (χ0n) is 29.9. The number of esters is 2. The van der Waals surface area contributed by atoms with Crippen LogP contribution in [0.1, 0.15) is 213 Å². The van der Waals surface area contributed by atoms with E-state index in [1.807, 2.05) is 0 Å². The van der Waals surface area contributed by atoms with Crippen LogP contribution in [0.2, 0.25) is 0 Å². The Balaban J connectivity index is 3.67. The van der Waals surface area contributed by atoms with Gasteiger partial charge in [0.25, 0.3) is 0 Å². The van der Waals surface area contributed by atoms with Gasteiger partial charge in [0.2, 0.25) is 0 Å². The number of aliphatic hydroxyl groups excluding tert-OH is 1. The summed E-state index contributed by atoms with van der Waals surface area (Å²) >= 11 is 0. The summed E-state index contributed by atoms with van der Waals surface area (Å²) in [5.74, 6) is 0.443. The molecule has 0 heterocycles. The van der Waals surface area contributed by atoms with Crippen molar-refractivity contribution in [3.8, 4) is 0 Å². The first-order valence-corrected chi connectivity index (χ1v) is 19.5. The largest absolute Gasteiger partial charge is 0.466 e.